The molecule has 3 aromatic rings. The van der Waals surface area contributed by atoms with Gasteiger partial charge in [0.1, 0.15) is 5.69 Å². The van der Waals surface area contributed by atoms with E-state index in [9.17, 15) is 9.90 Å². The van der Waals surface area contributed by atoms with Crippen molar-refractivity contribution in [2.75, 3.05) is 0 Å². The van der Waals surface area contributed by atoms with Gasteiger partial charge in [-0.05, 0) is 30.9 Å². The molecule has 7 heteroatoms. The number of hydrogen-bond donors (Lipinski definition) is 1. The van der Waals surface area contributed by atoms with Gasteiger partial charge in [-0.15, -0.1) is 16.4 Å². The van der Waals surface area contributed by atoms with Gasteiger partial charge in [0, 0.05) is 29.5 Å². The molecule has 1 aliphatic carbocycles. The molecule has 1 aliphatic rings. The Morgan fingerprint density at radius 2 is 2.15 bits per heavy atom. The van der Waals surface area contributed by atoms with Crippen molar-refractivity contribution in [1.29, 1.82) is 0 Å². The highest BCUT2D eigenvalue weighted by atomic mass is 32.1. The number of aromatic carboxylic acids is 1. The van der Waals surface area contributed by atoms with E-state index in [1.54, 1.807) is 24.5 Å². The average Bonchev–Trinajstić information content (AvgIpc) is 3.18. The van der Waals surface area contributed by atoms with E-state index in [0.29, 0.717) is 17.2 Å². The second-order valence-corrected chi connectivity index (χ2v) is 7.09. The number of nitrogens with zero attached hydrogens (tertiary/aromatic N) is 4. The van der Waals surface area contributed by atoms with Crippen molar-refractivity contribution in [3.8, 4) is 23.1 Å². The molecule has 26 heavy (non-hydrogen) atoms. The molecule has 1 fully saturated rings. The van der Waals surface area contributed by atoms with Gasteiger partial charge >= 0.3 is 5.97 Å². The predicted octanol–water partition coefficient (Wildman–Crippen LogP) is 3.30. The molecule has 6 nitrogen and oxygen atoms in total. The van der Waals surface area contributed by atoms with Gasteiger partial charge in [0.15, 0.2) is 10.7 Å². The predicted molar refractivity (Wildman–Crippen MR) is 98.1 cm³/mol. The lowest BCUT2D eigenvalue weighted by molar-refractivity contribution is 0.0690. The van der Waals surface area contributed by atoms with Crippen LogP contribution < -0.4 is 0 Å². The lowest BCUT2D eigenvalue weighted by Crippen LogP contribution is -2.08. The molecule has 130 valence electrons. The number of thiazole rings is 1. The monoisotopic (exact) mass is 364 g/mol. The zero-order chi connectivity index (χ0) is 18.1. The first kappa shape index (κ1) is 16.5. The zero-order valence-corrected chi connectivity index (χ0v) is 15.0. The fourth-order valence-electron chi connectivity index (χ4n) is 2.85. The summed E-state index contributed by atoms with van der Waals surface area (Å²) in [5, 5.41) is 20.3. The van der Waals surface area contributed by atoms with E-state index in [-0.39, 0.29) is 5.69 Å². The van der Waals surface area contributed by atoms with E-state index >= 15 is 0 Å². The highest BCUT2D eigenvalue weighted by Gasteiger charge is 2.21. The number of rotatable bonds is 3. The molecule has 2 aromatic heterocycles. The van der Waals surface area contributed by atoms with Gasteiger partial charge in [0.2, 0.25) is 0 Å². The van der Waals surface area contributed by atoms with Crippen molar-refractivity contribution in [2.24, 2.45) is 7.05 Å². The van der Waals surface area contributed by atoms with E-state index in [4.69, 9.17) is 0 Å². The van der Waals surface area contributed by atoms with Crippen LogP contribution in [0.5, 0.6) is 0 Å². The van der Waals surface area contributed by atoms with Crippen LogP contribution in [0.3, 0.4) is 0 Å². The molecule has 4 rings (SSSR count). The smallest absolute Gasteiger partial charge is 0.358 e. The topological polar surface area (TPSA) is 80.9 Å². The summed E-state index contributed by atoms with van der Waals surface area (Å²) in [6, 6.07) is 7.35. The molecular formula is C19H16N4O2S. The first-order chi connectivity index (χ1) is 12.6. The third-order valence-electron chi connectivity index (χ3n) is 4.41. The second-order valence-electron chi connectivity index (χ2n) is 6.23. The minimum atomic E-state index is -1.10. The van der Waals surface area contributed by atoms with E-state index in [0.717, 1.165) is 16.3 Å². The Labute approximate surface area is 154 Å². The zero-order valence-electron chi connectivity index (χ0n) is 14.1. The molecule has 0 radical (unpaired) electrons. The van der Waals surface area contributed by atoms with Crippen molar-refractivity contribution in [2.45, 2.75) is 25.2 Å². The number of aryl methyl sites for hydroxylation is 1. The highest BCUT2D eigenvalue weighted by Crippen LogP contribution is 2.36. The molecule has 1 N–H and O–H groups in total. The number of aromatic nitrogens is 4. The van der Waals surface area contributed by atoms with Gasteiger partial charge in [-0.3, -0.25) is 0 Å². The Hall–Kier alpha value is -2.98. The number of benzene rings is 1. The third kappa shape index (κ3) is 3.24. The van der Waals surface area contributed by atoms with E-state index in [1.807, 2.05) is 18.2 Å². The fraction of sp³-hybridized carbons (Fsp3) is 0.263. The molecule has 1 saturated carbocycles. The summed E-state index contributed by atoms with van der Waals surface area (Å²) >= 11 is 1.57. The maximum absolute atomic E-state index is 11.3. The summed E-state index contributed by atoms with van der Waals surface area (Å²) in [6.07, 6.45) is 3.74. The van der Waals surface area contributed by atoms with E-state index in [1.165, 1.54) is 24.1 Å². The fourth-order valence-corrected chi connectivity index (χ4v) is 3.60. The first-order valence-corrected chi connectivity index (χ1v) is 9.20. The largest absolute Gasteiger partial charge is 0.476 e. The van der Waals surface area contributed by atoms with Gasteiger partial charge in [-0.25, -0.2) is 9.78 Å². The van der Waals surface area contributed by atoms with Gasteiger partial charge in [-0.1, -0.05) is 24.5 Å². The van der Waals surface area contributed by atoms with Crippen LogP contribution in [0.25, 0.3) is 11.3 Å². The van der Waals surface area contributed by atoms with Crippen LogP contribution in [0.2, 0.25) is 0 Å². The number of carboxylic acids is 1. The Kier molecular flexibility index (Phi) is 4.27. The maximum atomic E-state index is 11.3. The normalized spacial score (nSPS) is 13.7. The molecular weight excluding hydrogens is 348 g/mol. The average molecular weight is 364 g/mol. The van der Waals surface area contributed by atoms with Gasteiger partial charge in [0.05, 0.1) is 5.69 Å². The first-order valence-electron chi connectivity index (χ1n) is 8.32. The molecule has 0 saturated heterocycles. The summed E-state index contributed by atoms with van der Waals surface area (Å²) in [5.41, 5.74) is 2.89. The minimum absolute atomic E-state index is 0.0670. The standard InChI is InChI=1S/C19H16N4O2S/c1-23-21-17(18(22-23)19(24)25)14-7-2-4-12(10-14)8-9-16-20-15(11-26-16)13-5-3-6-13/h2,4,7,10-11,13H,3,5-6H2,1H3,(H,24,25). The van der Waals surface area contributed by atoms with Crippen LogP contribution in [0.4, 0.5) is 0 Å². The summed E-state index contributed by atoms with van der Waals surface area (Å²) in [7, 11) is 1.60. The molecule has 2 heterocycles. The van der Waals surface area contributed by atoms with Gasteiger partial charge < -0.3 is 5.11 Å². The Balaban J connectivity index is 1.61. The van der Waals surface area contributed by atoms with Crippen molar-refractivity contribution in [1.82, 2.24) is 20.0 Å². The molecule has 1 aromatic carbocycles. The number of hydrogen-bond acceptors (Lipinski definition) is 5. The van der Waals surface area contributed by atoms with E-state index in [2.05, 4.69) is 32.4 Å². The van der Waals surface area contributed by atoms with Crippen LogP contribution in [0.15, 0.2) is 29.6 Å². The molecule has 0 aliphatic heterocycles. The van der Waals surface area contributed by atoms with Gasteiger partial charge in [-0.2, -0.15) is 9.90 Å². The third-order valence-corrected chi connectivity index (χ3v) is 5.19. The SMILES string of the molecule is Cn1nc(C(=O)O)c(-c2cccc(C#Cc3nc(C4CCC4)cs3)c2)n1. The molecule has 0 unspecified atom stereocenters. The molecule has 0 spiro atoms. The van der Waals surface area contributed by atoms with Crippen molar-refractivity contribution in [3.05, 3.63) is 51.6 Å². The summed E-state index contributed by atoms with van der Waals surface area (Å²) in [5.74, 6) is 5.72. The Bertz CT molecular complexity index is 1040. The molecule has 0 bridgehead atoms. The minimum Gasteiger partial charge on any atom is -0.476 e. The van der Waals surface area contributed by atoms with Crippen molar-refractivity contribution < 1.29 is 9.90 Å². The van der Waals surface area contributed by atoms with Crippen LogP contribution in [0, 0.1) is 11.8 Å². The lowest BCUT2D eigenvalue weighted by atomic mass is 9.83. The summed E-state index contributed by atoms with van der Waals surface area (Å²) in [4.78, 5) is 17.2. The van der Waals surface area contributed by atoms with Crippen LogP contribution in [-0.4, -0.2) is 31.1 Å². The van der Waals surface area contributed by atoms with Gasteiger partial charge in [0.25, 0.3) is 0 Å². The number of carbonyl (C=O) groups is 1. The highest BCUT2D eigenvalue weighted by molar-refractivity contribution is 7.10. The summed E-state index contributed by atoms with van der Waals surface area (Å²) < 4.78 is 0. The maximum Gasteiger partial charge on any atom is 0.358 e. The Morgan fingerprint density at radius 3 is 2.88 bits per heavy atom. The Morgan fingerprint density at radius 1 is 1.31 bits per heavy atom. The molecule has 0 atom stereocenters. The summed E-state index contributed by atoms with van der Waals surface area (Å²) in [6.45, 7) is 0. The van der Waals surface area contributed by atoms with Crippen molar-refractivity contribution >= 4 is 17.3 Å². The second kappa shape index (κ2) is 6.73. The van der Waals surface area contributed by atoms with Crippen LogP contribution >= 0.6 is 11.3 Å². The van der Waals surface area contributed by atoms with E-state index < -0.39 is 5.97 Å². The van der Waals surface area contributed by atoms with Crippen LogP contribution in [-0.2, 0) is 7.05 Å². The number of carboxylic acid groups (broad SMARTS) is 1. The lowest BCUT2D eigenvalue weighted by Gasteiger charge is -2.22. The van der Waals surface area contributed by atoms with Crippen LogP contribution in [0.1, 0.15) is 51.9 Å². The van der Waals surface area contributed by atoms with Crippen molar-refractivity contribution in [3.63, 3.8) is 0 Å². The quantitative estimate of drug-likeness (QED) is 0.721. The molecule has 0 amide bonds.